The van der Waals surface area contributed by atoms with Crippen molar-refractivity contribution in [1.29, 1.82) is 0 Å². The lowest BCUT2D eigenvalue weighted by molar-refractivity contribution is -0.0429. The van der Waals surface area contributed by atoms with Gasteiger partial charge in [-0.3, -0.25) is 10.6 Å². The Kier molecular flexibility index (Phi) is 6.23. The van der Waals surface area contributed by atoms with E-state index in [0.29, 0.717) is 0 Å². The predicted molar refractivity (Wildman–Crippen MR) is 69.9 cm³/mol. The van der Waals surface area contributed by atoms with E-state index in [1.807, 2.05) is 11.8 Å². The van der Waals surface area contributed by atoms with Crippen LogP contribution < -0.4 is 5.73 Å². The Labute approximate surface area is 100 Å². The number of aliphatic hydroxyl groups excluding tert-OH is 1. The lowest BCUT2D eigenvalue weighted by atomic mass is 9.78. The first-order valence-electron chi connectivity index (χ1n) is 6.12. The Morgan fingerprint density at radius 3 is 2.19 bits per heavy atom. The number of aliphatic hydroxyl groups is 1. The first-order chi connectivity index (χ1) is 7.27. The molecule has 0 radical (unpaired) electrons. The lowest BCUT2D eigenvalue weighted by Gasteiger charge is -2.43. The van der Waals surface area contributed by atoms with Gasteiger partial charge in [-0.05, 0) is 25.2 Å². The second-order valence-corrected chi connectivity index (χ2v) is 5.24. The molecule has 0 aliphatic carbocycles. The van der Waals surface area contributed by atoms with E-state index in [1.54, 1.807) is 0 Å². The van der Waals surface area contributed by atoms with Crippen LogP contribution in [-0.2, 0) is 0 Å². The van der Waals surface area contributed by atoms with E-state index < -0.39 is 6.35 Å². The molecule has 3 N–H and O–H groups in total. The van der Waals surface area contributed by atoms with Crippen LogP contribution in [0.15, 0.2) is 12.2 Å². The molecule has 2 unspecified atom stereocenters. The van der Waals surface area contributed by atoms with Gasteiger partial charge in [0.1, 0.15) is 0 Å². The molecule has 0 aliphatic heterocycles. The second kappa shape index (κ2) is 6.38. The van der Waals surface area contributed by atoms with Crippen molar-refractivity contribution in [3.8, 4) is 0 Å². The van der Waals surface area contributed by atoms with Crippen LogP contribution >= 0.6 is 0 Å². The number of nitrogens with zero attached hydrogens (tertiary/aromatic N) is 1. The number of rotatable bonds is 7. The van der Waals surface area contributed by atoms with E-state index in [-0.39, 0.29) is 11.5 Å². The Hall–Kier alpha value is -0.380. The number of hydrogen-bond acceptors (Lipinski definition) is 3. The third-order valence-corrected chi connectivity index (χ3v) is 3.27. The molecule has 3 nitrogen and oxygen atoms in total. The van der Waals surface area contributed by atoms with Crippen LogP contribution in [-0.4, -0.2) is 28.9 Å². The highest BCUT2D eigenvalue weighted by atomic mass is 16.3. The molecule has 0 spiro atoms. The maximum atomic E-state index is 9.68. The molecule has 96 valence electrons. The van der Waals surface area contributed by atoms with Crippen molar-refractivity contribution in [1.82, 2.24) is 4.90 Å². The van der Waals surface area contributed by atoms with E-state index in [9.17, 15) is 5.11 Å². The largest absolute Gasteiger partial charge is 0.365 e. The van der Waals surface area contributed by atoms with Crippen molar-refractivity contribution < 1.29 is 5.11 Å². The van der Waals surface area contributed by atoms with Crippen molar-refractivity contribution in [3.63, 3.8) is 0 Å². The Morgan fingerprint density at radius 2 is 1.94 bits per heavy atom. The van der Waals surface area contributed by atoms with E-state index in [1.165, 1.54) is 0 Å². The third-order valence-electron chi connectivity index (χ3n) is 3.27. The summed E-state index contributed by atoms with van der Waals surface area (Å²) in [5.41, 5.74) is 6.78. The summed E-state index contributed by atoms with van der Waals surface area (Å²) in [4.78, 5) is 1.94. The summed E-state index contributed by atoms with van der Waals surface area (Å²) in [7, 11) is 0. The van der Waals surface area contributed by atoms with Gasteiger partial charge in [0.2, 0.25) is 0 Å². The van der Waals surface area contributed by atoms with Crippen molar-refractivity contribution in [2.45, 2.75) is 59.9 Å². The minimum atomic E-state index is -0.910. The zero-order chi connectivity index (χ0) is 12.9. The summed E-state index contributed by atoms with van der Waals surface area (Å²) < 4.78 is 0. The molecule has 0 fully saturated rings. The van der Waals surface area contributed by atoms with Gasteiger partial charge < -0.3 is 5.11 Å². The first-order valence-corrected chi connectivity index (χ1v) is 6.12. The smallest absolute Gasteiger partial charge is 0.160 e. The average Bonchev–Trinajstić information content (AvgIpc) is 2.16. The average molecular weight is 228 g/mol. The molecule has 0 saturated heterocycles. The van der Waals surface area contributed by atoms with Gasteiger partial charge >= 0.3 is 0 Å². The van der Waals surface area contributed by atoms with Crippen LogP contribution in [0.25, 0.3) is 0 Å². The Balaban J connectivity index is 5.07. The van der Waals surface area contributed by atoms with Gasteiger partial charge in [-0.1, -0.05) is 39.8 Å². The van der Waals surface area contributed by atoms with E-state index >= 15 is 0 Å². The summed E-state index contributed by atoms with van der Waals surface area (Å²) >= 11 is 0. The highest BCUT2D eigenvalue weighted by molar-refractivity contribution is 5.08. The first kappa shape index (κ1) is 15.6. The quantitative estimate of drug-likeness (QED) is 0.519. The normalized spacial score (nSPS) is 16.2. The minimum absolute atomic E-state index is 0.0708. The fourth-order valence-electron chi connectivity index (χ4n) is 2.26. The predicted octanol–water partition coefficient (Wildman–Crippen LogP) is 2.31. The topological polar surface area (TPSA) is 49.5 Å². The standard InChI is InChI=1S/C13H28N2O/c1-7-9-15(12(14)16)11(10(3)4)13(5,6)8-2/h11-12,16H,3,7-9,14H2,1-2,4-6H3. The molecule has 0 aliphatic rings. The molecule has 16 heavy (non-hydrogen) atoms. The molecule has 0 bridgehead atoms. The van der Waals surface area contributed by atoms with Gasteiger partial charge in [0.05, 0.1) is 0 Å². The fraction of sp³-hybridized carbons (Fsp3) is 0.846. The Morgan fingerprint density at radius 1 is 1.44 bits per heavy atom. The van der Waals surface area contributed by atoms with Crippen molar-refractivity contribution in [2.75, 3.05) is 6.54 Å². The molecule has 0 aromatic carbocycles. The monoisotopic (exact) mass is 228 g/mol. The molecular formula is C13H28N2O. The molecule has 0 saturated carbocycles. The van der Waals surface area contributed by atoms with Gasteiger partial charge in [-0.2, -0.15) is 0 Å². The summed E-state index contributed by atoms with van der Waals surface area (Å²) in [5.74, 6) is 0. The molecular weight excluding hydrogens is 200 g/mol. The number of hydrogen-bond donors (Lipinski definition) is 2. The fourth-order valence-corrected chi connectivity index (χ4v) is 2.26. The van der Waals surface area contributed by atoms with Crippen LogP contribution in [0.2, 0.25) is 0 Å². The van der Waals surface area contributed by atoms with Crippen molar-refractivity contribution in [3.05, 3.63) is 12.2 Å². The molecule has 0 aromatic heterocycles. The van der Waals surface area contributed by atoms with Crippen LogP contribution in [0.1, 0.15) is 47.5 Å². The highest BCUT2D eigenvalue weighted by Crippen LogP contribution is 2.33. The van der Waals surface area contributed by atoms with Gasteiger partial charge in [-0.25, -0.2) is 0 Å². The molecule has 0 heterocycles. The molecule has 0 rings (SSSR count). The number of nitrogens with two attached hydrogens (primary N) is 1. The molecule has 0 amide bonds. The Bertz CT molecular complexity index is 224. The van der Waals surface area contributed by atoms with Gasteiger partial charge in [-0.15, -0.1) is 0 Å². The maximum Gasteiger partial charge on any atom is 0.160 e. The molecule has 2 atom stereocenters. The van der Waals surface area contributed by atoms with Gasteiger partial charge in [0, 0.05) is 12.6 Å². The maximum absolute atomic E-state index is 9.68. The van der Waals surface area contributed by atoms with Crippen LogP contribution in [0.5, 0.6) is 0 Å². The molecule has 0 aromatic rings. The summed E-state index contributed by atoms with van der Waals surface area (Å²) in [6.45, 7) is 15.5. The van der Waals surface area contributed by atoms with Crippen molar-refractivity contribution in [2.24, 2.45) is 11.1 Å². The minimum Gasteiger partial charge on any atom is -0.365 e. The van der Waals surface area contributed by atoms with E-state index in [2.05, 4.69) is 34.3 Å². The van der Waals surface area contributed by atoms with Crippen LogP contribution in [0, 0.1) is 5.41 Å². The second-order valence-electron chi connectivity index (χ2n) is 5.24. The zero-order valence-electron chi connectivity index (χ0n) is 11.5. The van der Waals surface area contributed by atoms with Gasteiger partial charge in [0.25, 0.3) is 0 Å². The highest BCUT2D eigenvalue weighted by Gasteiger charge is 2.34. The summed E-state index contributed by atoms with van der Waals surface area (Å²) in [5, 5.41) is 9.68. The van der Waals surface area contributed by atoms with E-state index in [4.69, 9.17) is 5.73 Å². The van der Waals surface area contributed by atoms with Crippen LogP contribution in [0.3, 0.4) is 0 Å². The molecule has 3 heteroatoms. The SMILES string of the molecule is C=C(C)C(N(CCC)C(N)O)C(C)(C)CC. The van der Waals surface area contributed by atoms with Crippen LogP contribution in [0.4, 0.5) is 0 Å². The van der Waals surface area contributed by atoms with Crippen molar-refractivity contribution >= 4 is 0 Å². The third kappa shape index (κ3) is 3.89. The zero-order valence-corrected chi connectivity index (χ0v) is 11.5. The summed E-state index contributed by atoms with van der Waals surface area (Å²) in [6, 6.07) is 0.123. The summed E-state index contributed by atoms with van der Waals surface area (Å²) in [6.07, 6.45) is 1.09. The lowest BCUT2D eigenvalue weighted by Crippen LogP contribution is -2.54. The van der Waals surface area contributed by atoms with Gasteiger partial charge in [0.15, 0.2) is 6.35 Å². The van der Waals surface area contributed by atoms with E-state index in [0.717, 1.165) is 25.0 Å².